The van der Waals surface area contributed by atoms with Crippen LogP contribution in [0.1, 0.15) is 26.7 Å². The number of hydrogen-bond acceptors (Lipinski definition) is 3. The van der Waals surface area contributed by atoms with Crippen LogP contribution in [0.15, 0.2) is 85.4 Å². The lowest BCUT2D eigenvalue weighted by molar-refractivity contribution is 1.03. The van der Waals surface area contributed by atoms with Gasteiger partial charge in [-0.2, -0.15) is 0 Å². The first kappa shape index (κ1) is 16.9. The molecule has 114 valence electrons. The lowest BCUT2D eigenvalue weighted by Gasteiger charge is -2.08. The summed E-state index contributed by atoms with van der Waals surface area (Å²) in [6.07, 6.45) is 15.1. The van der Waals surface area contributed by atoms with E-state index < -0.39 is 0 Å². The highest BCUT2D eigenvalue weighted by Gasteiger charge is 2.04. The maximum absolute atomic E-state index is 4.52. The van der Waals surface area contributed by atoms with Crippen LogP contribution in [0.5, 0.6) is 0 Å². The zero-order valence-electron chi connectivity index (χ0n) is 13.0. The van der Waals surface area contributed by atoms with Crippen molar-refractivity contribution in [2.75, 3.05) is 0 Å². The lowest BCUT2D eigenvalue weighted by Crippen LogP contribution is -1.83. The Morgan fingerprint density at radius 2 is 1.91 bits per heavy atom. The molecule has 0 unspecified atom stereocenters. The molecule has 0 fully saturated rings. The van der Waals surface area contributed by atoms with E-state index in [1.807, 2.05) is 19.2 Å². The van der Waals surface area contributed by atoms with E-state index in [2.05, 4.69) is 66.6 Å². The second kappa shape index (κ2) is 9.54. The molecule has 0 radical (unpaired) electrons. The number of allylic oxidation sites excluding steroid dienone is 5. The molecule has 0 aromatic heterocycles. The van der Waals surface area contributed by atoms with Gasteiger partial charge in [-0.05, 0) is 44.9 Å². The fourth-order valence-electron chi connectivity index (χ4n) is 1.92. The summed E-state index contributed by atoms with van der Waals surface area (Å²) in [5.74, 6) is 0. The van der Waals surface area contributed by atoms with Crippen LogP contribution in [0.2, 0.25) is 0 Å². The molecular formula is C19H21NS2. The number of thioether (sulfide) groups is 2. The fourth-order valence-corrected chi connectivity index (χ4v) is 3.80. The predicted octanol–water partition coefficient (Wildman–Crippen LogP) is 6.58. The van der Waals surface area contributed by atoms with Crippen LogP contribution in [0, 0.1) is 0 Å². The smallest absolute Gasteiger partial charge is 0.101 e. The summed E-state index contributed by atoms with van der Waals surface area (Å²) in [6.45, 7) is 4.03. The molecule has 1 aliphatic rings. The summed E-state index contributed by atoms with van der Waals surface area (Å²) in [6, 6.07) is 10.4. The highest BCUT2D eigenvalue weighted by Crippen LogP contribution is 2.34. The molecule has 0 spiro atoms. The van der Waals surface area contributed by atoms with Gasteiger partial charge in [0.1, 0.15) is 5.03 Å². The van der Waals surface area contributed by atoms with Crippen LogP contribution in [0.4, 0.5) is 0 Å². The van der Waals surface area contributed by atoms with Crippen molar-refractivity contribution < 1.29 is 0 Å². The average Bonchev–Trinajstić information content (AvgIpc) is 2.56. The molecule has 0 saturated carbocycles. The SMILES string of the molecule is C\C=N/C(=C\C(=C/C)Sc1ccccc1)SC1=CCCC=C1. The Morgan fingerprint density at radius 3 is 2.55 bits per heavy atom. The van der Waals surface area contributed by atoms with Crippen LogP contribution >= 0.6 is 23.5 Å². The van der Waals surface area contributed by atoms with Gasteiger partial charge in [-0.3, -0.25) is 4.99 Å². The Morgan fingerprint density at radius 1 is 1.09 bits per heavy atom. The maximum Gasteiger partial charge on any atom is 0.101 e. The van der Waals surface area contributed by atoms with E-state index in [-0.39, 0.29) is 0 Å². The molecule has 22 heavy (non-hydrogen) atoms. The first-order valence-corrected chi connectivity index (χ1v) is 9.09. The van der Waals surface area contributed by atoms with Crippen molar-refractivity contribution in [1.29, 1.82) is 0 Å². The van der Waals surface area contributed by atoms with E-state index in [0.29, 0.717) is 0 Å². The standard InChI is InChI=1S/C19H21NS2/c1-3-16(21-17-11-7-5-8-12-17)15-19(20-4-2)22-18-13-9-6-10-14-18/h3-5,7-9,11-15H,6,10H2,1-2H3/b16-3+,19-15+,20-4-. The molecule has 0 aliphatic heterocycles. The van der Waals surface area contributed by atoms with E-state index in [4.69, 9.17) is 0 Å². The number of rotatable bonds is 6. The van der Waals surface area contributed by atoms with Crippen molar-refractivity contribution in [3.8, 4) is 0 Å². The van der Waals surface area contributed by atoms with Gasteiger partial charge in [-0.15, -0.1) is 0 Å². The van der Waals surface area contributed by atoms with Gasteiger partial charge in [0.25, 0.3) is 0 Å². The minimum absolute atomic E-state index is 1.02. The summed E-state index contributed by atoms with van der Waals surface area (Å²) < 4.78 is 0. The van der Waals surface area contributed by atoms with Crippen LogP contribution < -0.4 is 0 Å². The van der Waals surface area contributed by atoms with Gasteiger partial charge in [-0.1, -0.05) is 66.0 Å². The summed E-state index contributed by atoms with van der Waals surface area (Å²) in [7, 11) is 0. The minimum Gasteiger partial charge on any atom is -0.254 e. The number of benzene rings is 1. The average molecular weight is 328 g/mol. The van der Waals surface area contributed by atoms with Crippen LogP contribution in [0.25, 0.3) is 0 Å². The molecule has 2 rings (SSSR count). The molecule has 0 saturated heterocycles. The summed E-state index contributed by atoms with van der Waals surface area (Å²) >= 11 is 3.49. The van der Waals surface area contributed by atoms with E-state index in [0.717, 1.165) is 17.9 Å². The minimum atomic E-state index is 1.02. The maximum atomic E-state index is 4.52. The van der Waals surface area contributed by atoms with Crippen molar-refractivity contribution in [2.45, 2.75) is 31.6 Å². The summed E-state index contributed by atoms with van der Waals surface area (Å²) in [5, 5.41) is 1.02. The van der Waals surface area contributed by atoms with E-state index in [1.54, 1.807) is 23.5 Å². The second-order valence-electron chi connectivity index (χ2n) is 4.66. The normalized spacial score (nSPS) is 16.2. The molecule has 1 aromatic carbocycles. The summed E-state index contributed by atoms with van der Waals surface area (Å²) in [4.78, 5) is 8.25. The van der Waals surface area contributed by atoms with Crippen molar-refractivity contribution >= 4 is 29.7 Å². The second-order valence-corrected chi connectivity index (χ2v) is 6.91. The Bertz CT molecular complexity index is 622. The van der Waals surface area contributed by atoms with Crippen LogP contribution in [-0.2, 0) is 0 Å². The third kappa shape index (κ3) is 5.74. The molecule has 1 aliphatic carbocycles. The van der Waals surface area contributed by atoms with E-state index >= 15 is 0 Å². The fraction of sp³-hybridized carbons (Fsp3) is 0.211. The van der Waals surface area contributed by atoms with Gasteiger partial charge >= 0.3 is 0 Å². The van der Waals surface area contributed by atoms with Gasteiger partial charge in [-0.25, -0.2) is 0 Å². The van der Waals surface area contributed by atoms with Crippen molar-refractivity contribution in [3.63, 3.8) is 0 Å². The Balaban J connectivity index is 2.12. The van der Waals surface area contributed by atoms with Crippen molar-refractivity contribution in [2.24, 2.45) is 4.99 Å². The topological polar surface area (TPSA) is 12.4 Å². The summed E-state index contributed by atoms with van der Waals surface area (Å²) in [5.41, 5.74) is 0. The third-order valence-electron chi connectivity index (χ3n) is 2.97. The van der Waals surface area contributed by atoms with E-state index in [9.17, 15) is 0 Å². The Labute approximate surface area is 142 Å². The molecule has 0 heterocycles. The Hall–Kier alpha value is -1.45. The molecule has 0 bridgehead atoms. The highest BCUT2D eigenvalue weighted by molar-refractivity contribution is 8.07. The zero-order chi connectivity index (χ0) is 15.6. The zero-order valence-corrected chi connectivity index (χ0v) is 14.7. The molecule has 0 amide bonds. The van der Waals surface area contributed by atoms with Gasteiger partial charge in [0.15, 0.2) is 0 Å². The molecule has 0 atom stereocenters. The van der Waals surface area contributed by atoms with Gasteiger partial charge in [0.2, 0.25) is 0 Å². The quantitative estimate of drug-likeness (QED) is 0.332. The van der Waals surface area contributed by atoms with E-state index in [1.165, 1.54) is 14.7 Å². The molecule has 3 heteroatoms. The number of aliphatic imine (C=N–C) groups is 1. The first-order valence-electron chi connectivity index (χ1n) is 7.46. The van der Waals surface area contributed by atoms with Gasteiger partial charge in [0, 0.05) is 20.9 Å². The first-order chi connectivity index (χ1) is 10.8. The van der Waals surface area contributed by atoms with Gasteiger partial charge in [0.05, 0.1) is 0 Å². The number of nitrogens with zero attached hydrogens (tertiary/aromatic N) is 1. The monoisotopic (exact) mass is 327 g/mol. The van der Waals surface area contributed by atoms with Gasteiger partial charge < -0.3 is 0 Å². The highest BCUT2D eigenvalue weighted by atomic mass is 32.2. The third-order valence-corrected chi connectivity index (χ3v) is 5.04. The lowest BCUT2D eigenvalue weighted by atomic mass is 10.2. The van der Waals surface area contributed by atoms with Crippen LogP contribution in [-0.4, -0.2) is 6.21 Å². The van der Waals surface area contributed by atoms with Crippen molar-refractivity contribution in [3.05, 3.63) is 75.6 Å². The molecular weight excluding hydrogens is 306 g/mol. The molecule has 1 aromatic rings. The predicted molar refractivity (Wildman–Crippen MR) is 102 cm³/mol. The molecule has 1 nitrogen and oxygen atoms in total. The number of hydrogen-bond donors (Lipinski definition) is 0. The van der Waals surface area contributed by atoms with Crippen LogP contribution in [0.3, 0.4) is 0 Å². The van der Waals surface area contributed by atoms with Crippen molar-refractivity contribution in [1.82, 2.24) is 0 Å². The molecule has 0 N–H and O–H groups in total. The Kier molecular flexibility index (Phi) is 7.34. The largest absolute Gasteiger partial charge is 0.254 e.